The van der Waals surface area contributed by atoms with Crippen molar-refractivity contribution in [3.05, 3.63) is 133 Å². The quantitative estimate of drug-likeness (QED) is 0.135. The molecule has 2 heteroatoms. The molecular formula is C36H22BN. The van der Waals surface area contributed by atoms with Crippen LogP contribution in [-0.2, 0) is 0 Å². The van der Waals surface area contributed by atoms with Crippen LogP contribution in [0.25, 0.3) is 43.4 Å². The summed E-state index contributed by atoms with van der Waals surface area (Å²) in [5.74, 6) is 0. The Hall–Kier alpha value is -4.82. The van der Waals surface area contributed by atoms with E-state index < -0.39 is 0 Å². The summed E-state index contributed by atoms with van der Waals surface area (Å²) in [6.45, 7) is 0.275. The Morgan fingerprint density at radius 1 is 0.421 bits per heavy atom. The largest absolute Gasteiger partial charge is 0.311 e. The van der Waals surface area contributed by atoms with Gasteiger partial charge in [0.05, 0.1) is 0 Å². The fraction of sp³-hybridized carbons (Fsp3) is 0. The zero-order valence-electron chi connectivity index (χ0n) is 20.7. The maximum atomic E-state index is 2.48. The molecule has 0 radical (unpaired) electrons. The molecular weight excluding hydrogens is 457 g/mol. The molecule has 174 valence electrons. The van der Waals surface area contributed by atoms with Gasteiger partial charge in [-0.15, -0.1) is 0 Å². The molecule has 2 heterocycles. The first kappa shape index (κ1) is 20.3. The molecule has 0 bridgehead atoms. The molecule has 0 N–H and O–H groups in total. The van der Waals surface area contributed by atoms with E-state index in [1.54, 1.807) is 0 Å². The Labute approximate surface area is 221 Å². The number of nitrogens with zero attached hydrogens (tertiary/aromatic N) is 1. The van der Waals surface area contributed by atoms with Gasteiger partial charge in [0.1, 0.15) is 0 Å². The Kier molecular flexibility index (Phi) is 3.93. The van der Waals surface area contributed by atoms with Gasteiger partial charge in [0.2, 0.25) is 6.71 Å². The Morgan fingerprint density at radius 2 is 1.08 bits per heavy atom. The molecule has 0 aliphatic carbocycles. The van der Waals surface area contributed by atoms with E-state index in [0.717, 1.165) is 0 Å². The minimum atomic E-state index is 0.275. The summed E-state index contributed by atoms with van der Waals surface area (Å²) < 4.78 is 0. The first-order valence-corrected chi connectivity index (χ1v) is 13.3. The summed E-state index contributed by atoms with van der Waals surface area (Å²) >= 11 is 0. The van der Waals surface area contributed by atoms with E-state index in [9.17, 15) is 0 Å². The van der Waals surface area contributed by atoms with Crippen LogP contribution in [0.1, 0.15) is 0 Å². The highest BCUT2D eigenvalue weighted by Crippen LogP contribution is 2.42. The van der Waals surface area contributed by atoms with E-state index in [2.05, 4.69) is 138 Å². The van der Waals surface area contributed by atoms with Gasteiger partial charge in [-0.05, 0) is 90.8 Å². The van der Waals surface area contributed by atoms with Crippen molar-refractivity contribution >= 4 is 72.5 Å². The van der Waals surface area contributed by atoms with Gasteiger partial charge in [-0.2, -0.15) is 0 Å². The third-order valence-corrected chi connectivity index (χ3v) is 8.61. The van der Waals surface area contributed by atoms with Crippen molar-refractivity contribution < 1.29 is 0 Å². The van der Waals surface area contributed by atoms with Crippen LogP contribution >= 0.6 is 0 Å². The molecule has 38 heavy (non-hydrogen) atoms. The van der Waals surface area contributed by atoms with E-state index in [1.165, 1.54) is 76.9 Å². The molecule has 0 unspecified atom stereocenters. The van der Waals surface area contributed by atoms with E-state index in [-0.39, 0.29) is 6.71 Å². The van der Waals surface area contributed by atoms with Crippen LogP contribution in [-0.4, -0.2) is 6.71 Å². The van der Waals surface area contributed by atoms with Gasteiger partial charge in [-0.3, -0.25) is 0 Å². The van der Waals surface area contributed by atoms with Crippen molar-refractivity contribution in [2.24, 2.45) is 0 Å². The zero-order valence-corrected chi connectivity index (χ0v) is 20.7. The number of rotatable bonds is 1. The number of anilines is 3. The monoisotopic (exact) mass is 479 g/mol. The van der Waals surface area contributed by atoms with Gasteiger partial charge >= 0.3 is 0 Å². The van der Waals surface area contributed by atoms with E-state index in [0.29, 0.717) is 0 Å². The number of benzene rings is 7. The highest BCUT2D eigenvalue weighted by atomic mass is 15.1. The smallest absolute Gasteiger partial charge is 0.248 e. The molecule has 0 saturated carbocycles. The van der Waals surface area contributed by atoms with Gasteiger partial charge in [-0.1, -0.05) is 103 Å². The first-order valence-electron chi connectivity index (χ1n) is 13.3. The summed E-state index contributed by atoms with van der Waals surface area (Å²) in [4.78, 5) is 2.48. The molecule has 7 aromatic rings. The van der Waals surface area contributed by atoms with Gasteiger partial charge in [0.25, 0.3) is 0 Å². The maximum Gasteiger partial charge on any atom is 0.248 e. The SMILES string of the molecule is c1ccc2c(c1)B1c3ccccc3N(c3ccc4ccc5cc6ccccc6cc5c4c3)c3cccc-2c31. The van der Waals surface area contributed by atoms with Crippen molar-refractivity contribution in [2.45, 2.75) is 0 Å². The predicted molar refractivity (Wildman–Crippen MR) is 164 cm³/mol. The second kappa shape index (κ2) is 7.37. The fourth-order valence-electron chi connectivity index (χ4n) is 6.97. The number of fused-ring (bicyclic) bond motifs is 9. The minimum absolute atomic E-state index is 0.275. The molecule has 0 fully saturated rings. The second-order valence-electron chi connectivity index (χ2n) is 10.5. The Balaban J connectivity index is 1.34. The third-order valence-electron chi connectivity index (χ3n) is 8.61. The topological polar surface area (TPSA) is 3.24 Å². The Morgan fingerprint density at radius 3 is 2.00 bits per heavy atom. The van der Waals surface area contributed by atoms with E-state index in [4.69, 9.17) is 0 Å². The molecule has 9 rings (SSSR count). The highest BCUT2D eigenvalue weighted by molar-refractivity contribution is 7.01. The molecule has 1 nitrogen and oxygen atoms in total. The van der Waals surface area contributed by atoms with Crippen molar-refractivity contribution in [2.75, 3.05) is 4.90 Å². The molecule has 2 aliphatic rings. The standard InChI is InChI=1S/C36H22BN/c1-2-9-25-21-30-26(20-24(25)8-1)17-16-23-18-19-27(22-31(23)30)38-34-14-6-5-13-33(34)37-32-12-4-3-10-28(32)29-11-7-15-35(38)36(29)37/h1-22H. The molecule has 7 aromatic carbocycles. The lowest BCUT2D eigenvalue weighted by molar-refractivity contribution is 1.30. The van der Waals surface area contributed by atoms with Crippen molar-refractivity contribution in [1.82, 2.24) is 0 Å². The normalized spacial score (nSPS) is 13.2. The fourth-order valence-corrected chi connectivity index (χ4v) is 6.97. The lowest BCUT2D eigenvalue weighted by Crippen LogP contribution is -2.54. The lowest BCUT2D eigenvalue weighted by atomic mass is 9.37. The average Bonchev–Trinajstić information content (AvgIpc) is 3.32. The number of hydrogen-bond donors (Lipinski definition) is 0. The summed E-state index contributed by atoms with van der Waals surface area (Å²) in [5.41, 5.74) is 10.7. The van der Waals surface area contributed by atoms with Crippen LogP contribution in [0, 0.1) is 0 Å². The Bertz CT molecular complexity index is 2110. The van der Waals surface area contributed by atoms with Crippen LogP contribution in [0.2, 0.25) is 0 Å². The zero-order chi connectivity index (χ0) is 24.8. The first-order chi connectivity index (χ1) is 18.8. The van der Waals surface area contributed by atoms with E-state index in [1.807, 2.05) is 0 Å². The van der Waals surface area contributed by atoms with Crippen LogP contribution in [0.15, 0.2) is 133 Å². The average molecular weight is 479 g/mol. The summed E-state index contributed by atoms with van der Waals surface area (Å²) in [6.07, 6.45) is 0. The summed E-state index contributed by atoms with van der Waals surface area (Å²) in [6, 6.07) is 49.5. The van der Waals surface area contributed by atoms with Gasteiger partial charge < -0.3 is 4.90 Å². The molecule has 0 atom stereocenters. The van der Waals surface area contributed by atoms with Crippen LogP contribution in [0.5, 0.6) is 0 Å². The lowest BCUT2D eigenvalue weighted by Gasteiger charge is -2.36. The second-order valence-corrected chi connectivity index (χ2v) is 10.5. The third kappa shape index (κ3) is 2.62. The van der Waals surface area contributed by atoms with Crippen molar-refractivity contribution in [1.29, 1.82) is 0 Å². The summed E-state index contributed by atoms with van der Waals surface area (Å²) in [5, 5.41) is 7.71. The predicted octanol–water partition coefficient (Wildman–Crippen LogP) is 7.43. The summed E-state index contributed by atoms with van der Waals surface area (Å²) in [7, 11) is 0. The molecule has 0 amide bonds. The molecule has 0 saturated heterocycles. The number of para-hydroxylation sites is 1. The van der Waals surface area contributed by atoms with Crippen molar-refractivity contribution in [3.8, 4) is 11.1 Å². The molecule has 2 aliphatic heterocycles. The van der Waals surface area contributed by atoms with E-state index >= 15 is 0 Å². The highest BCUT2D eigenvalue weighted by Gasteiger charge is 2.41. The van der Waals surface area contributed by atoms with Crippen LogP contribution < -0.4 is 21.3 Å². The van der Waals surface area contributed by atoms with Crippen molar-refractivity contribution in [3.63, 3.8) is 0 Å². The van der Waals surface area contributed by atoms with Gasteiger partial charge in [-0.25, -0.2) is 0 Å². The van der Waals surface area contributed by atoms with Crippen LogP contribution in [0.3, 0.4) is 0 Å². The molecule has 0 aromatic heterocycles. The van der Waals surface area contributed by atoms with Gasteiger partial charge in [0.15, 0.2) is 0 Å². The minimum Gasteiger partial charge on any atom is -0.311 e. The van der Waals surface area contributed by atoms with Crippen LogP contribution in [0.4, 0.5) is 17.1 Å². The molecule has 0 spiro atoms. The number of hydrogen-bond acceptors (Lipinski definition) is 1. The maximum absolute atomic E-state index is 2.48. The van der Waals surface area contributed by atoms with Gasteiger partial charge in [0, 0.05) is 17.1 Å².